The number of fused-ring (bicyclic) bond motifs is 5. The molecule has 4 nitrogen and oxygen atoms in total. The number of nitrogens with zero attached hydrogens (tertiary/aromatic N) is 1. The number of ether oxygens (including phenoxy) is 1. The summed E-state index contributed by atoms with van der Waals surface area (Å²) < 4.78 is 5.39. The third-order valence-corrected chi connectivity index (χ3v) is 6.57. The SMILES string of the molecule is COc1ccccc1N1C(=O)[C@@H]2[C@H]3C[C@H]([C@@H]2C1=O)[C@@H](c1ccccc1)C3. The van der Waals surface area contributed by atoms with E-state index >= 15 is 0 Å². The Bertz CT molecular complexity index is 878. The molecule has 132 valence electrons. The summed E-state index contributed by atoms with van der Waals surface area (Å²) in [6.07, 6.45) is 2.00. The molecule has 1 saturated heterocycles. The second-order valence-electron chi connectivity index (χ2n) is 7.65. The Morgan fingerprint density at radius 2 is 1.58 bits per heavy atom. The van der Waals surface area contributed by atoms with Crippen LogP contribution in [0.15, 0.2) is 54.6 Å². The van der Waals surface area contributed by atoms with Crippen molar-refractivity contribution in [1.82, 2.24) is 0 Å². The van der Waals surface area contributed by atoms with Crippen molar-refractivity contribution >= 4 is 17.5 Å². The zero-order valence-corrected chi connectivity index (χ0v) is 14.7. The lowest BCUT2D eigenvalue weighted by molar-refractivity contribution is -0.123. The number of anilines is 1. The zero-order chi connectivity index (χ0) is 17.8. The largest absolute Gasteiger partial charge is 0.495 e. The van der Waals surface area contributed by atoms with Gasteiger partial charge in [0.15, 0.2) is 0 Å². The molecule has 5 atom stereocenters. The van der Waals surface area contributed by atoms with Gasteiger partial charge in [-0.1, -0.05) is 42.5 Å². The minimum absolute atomic E-state index is 0.0384. The van der Waals surface area contributed by atoms with Crippen molar-refractivity contribution in [2.24, 2.45) is 23.7 Å². The highest BCUT2D eigenvalue weighted by atomic mass is 16.5. The third kappa shape index (κ3) is 2.02. The molecule has 5 rings (SSSR count). The summed E-state index contributed by atoms with van der Waals surface area (Å²) >= 11 is 0. The highest BCUT2D eigenvalue weighted by Gasteiger charge is 2.64. The quantitative estimate of drug-likeness (QED) is 0.797. The summed E-state index contributed by atoms with van der Waals surface area (Å²) in [6, 6.07) is 17.7. The number of amides is 2. The van der Waals surface area contributed by atoms with Crippen LogP contribution in [0.1, 0.15) is 24.3 Å². The topological polar surface area (TPSA) is 46.6 Å². The molecule has 26 heavy (non-hydrogen) atoms. The van der Waals surface area contributed by atoms with E-state index in [2.05, 4.69) is 24.3 Å². The van der Waals surface area contributed by atoms with Crippen LogP contribution in [-0.4, -0.2) is 18.9 Å². The highest BCUT2D eigenvalue weighted by Crippen LogP contribution is 2.62. The number of hydrogen-bond donors (Lipinski definition) is 0. The fraction of sp³-hybridized carbons (Fsp3) is 0.364. The number of benzene rings is 2. The molecule has 1 heterocycles. The maximum Gasteiger partial charge on any atom is 0.238 e. The number of para-hydroxylation sites is 2. The van der Waals surface area contributed by atoms with Gasteiger partial charge in [-0.3, -0.25) is 9.59 Å². The van der Waals surface area contributed by atoms with Crippen molar-refractivity contribution < 1.29 is 14.3 Å². The Balaban J connectivity index is 1.51. The molecule has 2 aromatic carbocycles. The van der Waals surface area contributed by atoms with Crippen molar-refractivity contribution in [3.63, 3.8) is 0 Å². The molecule has 2 aliphatic carbocycles. The van der Waals surface area contributed by atoms with Crippen LogP contribution in [0.25, 0.3) is 0 Å². The van der Waals surface area contributed by atoms with Crippen LogP contribution >= 0.6 is 0 Å². The summed E-state index contributed by atoms with van der Waals surface area (Å²) in [5.74, 6) is 1.11. The molecule has 3 aliphatic rings. The maximum absolute atomic E-state index is 13.3. The Labute approximate surface area is 152 Å². The van der Waals surface area contributed by atoms with Gasteiger partial charge in [-0.15, -0.1) is 0 Å². The van der Waals surface area contributed by atoms with Crippen molar-refractivity contribution in [2.75, 3.05) is 12.0 Å². The zero-order valence-electron chi connectivity index (χ0n) is 14.7. The van der Waals surface area contributed by atoms with Crippen LogP contribution in [0.4, 0.5) is 5.69 Å². The maximum atomic E-state index is 13.3. The van der Waals surface area contributed by atoms with Crippen LogP contribution in [0.2, 0.25) is 0 Å². The highest BCUT2D eigenvalue weighted by molar-refractivity contribution is 6.23. The minimum Gasteiger partial charge on any atom is -0.495 e. The Morgan fingerprint density at radius 3 is 2.35 bits per heavy atom. The van der Waals surface area contributed by atoms with E-state index in [9.17, 15) is 9.59 Å². The molecule has 0 unspecified atom stereocenters. The summed E-state index contributed by atoms with van der Waals surface area (Å²) in [5.41, 5.74) is 1.88. The summed E-state index contributed by atoms with van der Waals surface area (Å²) in [5, 5.41) is 0. The van der Waals surface area contributed by atoms with E-state index in [4.69, 9.17) is 4.74 Å². The number of carbonyl (C=O) groups is 2. The van der Waals surface area contributed by atoms with E-state index in [0.29, 0.717) is 23.3 Å². The standard InChI is InChI=1S/C22H21NO3/c1-26-18-10-6-5-9-17(18)23-21(24)19-14-11-15(13-7-3-2-4-8-13)16(12-14)20(19)22(23)25/h2-10,14-16,19-20H,11-12H2,1H3/t14-,15-,16+,19-,20+/m1/s1. The molecule has 2 bridgehead atoms. The lowest BCUT2D eigenvalue weighted by Gasteiger charge is -2.28. The Kier molecular flexibility index (Phi) is 3.42. The van der Waals surface area contributed by atoms with Crippen LogP contribution < -0.4 is 9.64 Å². The lowest BCUT2D eigenvalue weighted by Crippen LogP contribution is -2.33. The van der Waals surface area contributed by atoms with Crippen LogP contribution in [0.5, 0.6) is 5.75 Å². The van der Waals surface area contributed by atoms with E-state index in [1.54, 1.807) is 19.2 Å². The van der Waals surface area contributed by atoms with Gasteiger partial charge in [0.2, 0.25) is 11.8 Å². The van der Waals surface area contributed by atoms with Crippen molar-refractivity contribution in [3.8, 4) is 5.75 Å². The number of carbonyl (C=O) groups excluding carboxylic acids is 2. The average Bonchev–Trinajstić information content (AvgIpc) is 3.34. The number of methoxy groups -OCH3 is 1. The van der Waals surface area contributed by atoms with Gasteiger partial charge < -0.3 is 4.74 Å². The van der Waals surface area contributed by atoms with Gasteiger partial charge in [-0.25, -0.2) is 4.90 Å². The van der Waals surface area contributed by atoms with Gasteiger partial charge >= 0.3 is 0 Å². The Hall–Kier alpha value is -2.62. The third-order valence-electron chi connectivity index (χ3n) is 6.57. The van der Waals surface area contributed by atoms with Crippen LogP contribution in [-0.2, 0) is 9.59 Å². The van der Waals surface area contributed by atoms with E-state index < -0.39 is 0 Å². The first-order chi connectivity index (χ1) is 12.7. The van der Waals surface area contributed by atoms with Crippen molar-refractivity contribution in [1.29, 1.82) is 0 Å². The summed E-state index contributed by atoms with van der Waals surface area (Å²) in [4.78, 5) is 27.8. The molecular formula is C22H21NO3. The van der Waals surface area contributed by atoms with E-state index in [0.717, 1.165) is 12.8 Å². The van der Waals surface area contributed by atoms with Gasteiger partial charge in [0.1, 0.15) is 5.75 Å². The number of rotatable bonds is 3. The first kappa shape index (κ1) is 15.6. The molecule has 2 saturated carbocycles. The lowest BCUT2D eigenvalue weighted by atomic mass is 9.73. The van der Waals surface area contributed by atoms with Gasteiger partial charge in [0, 0.05) is 0 Å². The predicted molar refractivity (Wildman–Crippen MR) is 97.9 cm³/mol. The smallest absolute Gasteiger partial charge is 0.238 e. The molecule has 1 aliphatic heterocycles. The molecular weight excluding hydrogens is 326 g/mol. The predicted octanol–water partition coefficient (Wildman–Crippen LogP) is 3.62. The fourth-order valence-corrected chi connectivity index (χ4v) is 5.59. The van der Waals surface area contributed by atoms with Gasteiger partial charge in [-0.2, -0.15) is 0 Å². The van der Waals surface area contributed by atoms with Crippen LogP contribution in [0, 0.1) is 23.7 Å². The molecule has 0 aromatic heterocycles. The summed E-state index contributed by atoms with van der Waals surface area (Å²) in [6.45, 7) is 0. The molecule has 2 amide bonds. The van der Waals surface area contributed by atoms with Gasteiger partial charge in [0.05, 0.1) is 24.6 Å². The molecule has 0 radical (unpaired) electrons. The second-order valence-corrected chi connectivity index (χ2v) is 7.65. The van der Waals surface area contributed by atoms with Crippen molar-refractivity contribution in [2.45, 2.75) is 18.8 Å². The van der Waals surface area contributed by atoms with E-state index in [-0.39, 0.29) is 29.6 Å². The fourth-order valence-electron chi connectivity index (χ4n) is 5.59. The number of imide groups is 1. The summed E-state index contributed by atoms with van der Waals surface area (Å²) in [7, 11) is 1.57. The number of hydrogen-bond acceptors (Lipinski definition) is 3. The molecule has 4 heteroatoms. The molecule has 0 spiro atoms. The van der Waals surface area contributed by atoms with Crippen molar-refractivity contribution in [3.05, 3.63) is 60.2 Å². The van der Waals surface area contributed by atoms with Crippen LogP contribution in [0.3, 0.4) is 0 Å². The minimum atomic E-state index is -0.184. The normalized spacial score (nSPS) is 32.2. The first-order valence-electron chi connectivity index (χ1n) is 9.26. The van der Waals surface area contributed by atoms with E-state index in [1.165, 1.54) is 10.5 Å². The Morgan fingerprint density at radius 1 is 0.885 bits per heavy atom. The molecule has 2 aromatic rings. The average molecular weight is 347 g/mol. The second kappa shape index (κ2) is 5.70. The first-order valence-corrected chi connectivity index (χ1v) is 9.26. The van der Waals surface area contributed by atoms with E-state index in [1.807, 2.05) is 18.2 Å². The molecule has 3 fully saturated rings. The van der Waals surface area contributed by atoms with Gasteiger partial charge in [0.25, 0.3) is 0 Å². The molecule has 0 N–H and O–H groups in total. The van der Waals surface area contributed by atoms with Gasteiger partial charge in [-0.05, 0) is 48.3 Å². The monoisotopic (exact) mass is 347 g/mol.